The van der Waals surface area contributed by atoms with E-state index in [0.717, 1.165) is 91.1 Å². The molecule has 0 aliphatic rings. The zero-order valence-electron chi connectivity index (χ0n) is 18.9. The summed E-state index contributed by atoms with van der Waals surface area (Å²) in [5.74, 6) is 0. The van der Waals surface area contributed by atoms with Crippen molar-refractivity contribution in [3.63, 3.8) is 0 Å². The second-order valence-electron chi connectivity index (χ2n) is 6.94. The molecule has 0 aliphatic heterocycles. The second kappa shape index (κ2) is 31.7. The van der Waals surface area contributed by atoms with Crippen LogP contribution < -0.4 is 22.9 Å². The molecule has 0 atom stereocenters. The quantitative estimate of drug-likeness (QED) is 0.238. The summed E-state index contributed by atoms with van der Waals surface area (Å²) < 4.78 is 0. The predicted octanol–water partition coefficient (Wildman–Crippen LogP) is 3.22. The van der Waals surface area contributed by atoms with E-state index in [4.69, 9.17) is 22.9 Å². The fraction of sp³-hybridized carbons (Fsp3) is 0.700. The molecule has 1 aromatic rings. The largest absolute Gasteiger partial charge is 0.330 e. The molecule has 0 bridgehead atoms. The Balaban J connectivity index is -0.000000282. The molecule has 0 saturated heterocycles. The maximum Gasteiger partial charge on any atom is 0.0233 e. The summed E-state index contributed by atoms with van der Waals surface area (Å²) in [5.41, 5.74) is 25.4. The highest BCUT2D eigenvalue weighted by atomic mass is 35.5. The maximum absolute atomic E-state index is 5.68. The maximum atomic E-state index is 5.68. The summed E-state index contributed by atoms with van der Waals surface area (Å²) in [4.78, 5) is 4.92. The van der Waals surface area contributed by atoms with Crippen LogP contribution in [0.15, 0.2) is 24.3 Å². The van der Waals surface area contributed by atoms with Gasteiger partial charge in [0.2, 0.25) is 0 Å². The fourth-order valence-corrected chi connectivity index (χ4v) is 3.14. The summed E-state index contributed by atoms with van der Waals surface area (Å²) in [6.07, 6.45) is 4.10. The summed E-state index contributed by atoms with van der Waals surface area (Å²) in [5, 5.41) is 0. The normalized spacial score (nSPS) is 9.44. The number of nitrogens with two attached hydrogens (primary N) is 4. The van der Waals surface area contributed by atoms with Gasteiger partial charge in [0.25, 0.3) is 0 Å². The van der Waals surface area contributed by atoms with Crippen molar-refractivity contribution in [3.8, 4) is 0 Å². The van der Waals surface area contributed by atoms with Crippen molar-refractivity contribution in [3.05, 3.63) is 35.4 Å². The Kier molecular flexibility index (Phi) is 45.7. The van der Waals surface area contributed by atoms with Crippen molar-refractivity contribution in [2.24, 2.45) is 22.9 Å². The highest BCUT2D eigenvalue weighted by Gasteiger charge is 2.08. The molecule has 198 valence electrons. The van der Waals surface area contributed by atoms with Crippen LogP contribution in [0.25, 0.3) is 0 Å². The molecule has 0 unspecified atom stereocenters. The van der Waals surface area contributed by atoms with Gasteiger partial charge in [0.05, 0.1) is 0 Å². The molecule has 0 amide bonds. The molecule has 0 spiro atoms. The van der Waals surface area contributed by atoms with E-state index < -0.39 is 0 Å². The molecule has 8 N–H and O–H groups in total. The van der Waals surface area contributed by atoms with Crippen molar-refractivity contribution in [2.75, 3.05) is 52.4 Å². The molecular formula is C20H46Cl6N6. The first-order valence-electron chi connectivity index (χ1n) is 10.1. The van der Waals surface area contributed by atoms with Gasteiger partial charge in [-0.2, -0.15) is 0 Å². The molecule has 1 rings (SSSR count). The predicted molar refractivity (Wildman–Crippen MR) is 155 cm³/mol. The van der Waals surface area contributed by atoms with Gasteiger partial charge in [0.1, 0.15) is 0 Å². The van der Waals surface area contributed by atoms with E-state index in [0.29, 0.717) is 0 Å². The van der Waals surface area contributed by atoms with Gasteiger partial charge in [-0.05, 0) is 89.2 Å². The van der Waals surface area contributed by atoms with E-state index in [-0.39, 0.29) is 74.4 Å². The Morgan fingerprint density at radius 3 is 1.03 bits per heavy atom. The molecule has 6 nitrogen and oxygen atoms in total. The zero-order chi connectivity index (χ0) is 19.0. The Bertz CT molecular complexity index is 423. The van der Waals surface area contributed by atoms with Crippen molar-refractivity contribution in [2.45, 2.75) is 38.8 Å². The fourth-order valence-electron chi connectivity index (χ4n) is 3.14. The van der Waals surface area contributed by atoms with Gasteiger partial charge in [-0.25, -0.2) is 0 Å². The van der Waals surface area contributed by atoms with E-state index in [1.54, 1.807) is 0 Å². The third kappa shape index (κ3) is 22.5. The van der Waals surface area contributed by atoms with Gasteiger partial charge >= 0.3 is 0 Å². The Hall–Kier alpha value is 0.720. The lowest BCUT2D eigenvalue weighted by Crippen LogP contribution is -2.29. The number of halogens is 6. The first-order valence-corrected chi connectivity index (χ1v) is 10.1. The van der Waals surface area contributed by atoms with Crippen molar-refractivity contribution < 1.29 is 0 Å². The minimum atomic E-state index is 0. The van der Waals surface area contributed by atoms with Gasteiger partial charge in [0.15, 0.2) is 0 Å². The smallest absolute Gasteiger partial charge is 0.0233 e. The third-order valence-electron chi connectivity index (χ3n) is 4.52. The average molecular weight is 583 g/mol. The number of rotatable bonds is 16. The number of nitrogens with zero attached hydrogens (tertiary/aromatic N) is 2. The van der Waals surface area contributed by atoms with Gasteiger partial charge in [-0.3, -0.25) is 9.80 Å². The van der Waals surface area contributed by atoms with Crippen LogP contribution in [0.5, 0.6) is 0 Å². The van der Waals surface area contributed by atoms with Gasteiger partial charge in [-0.1, -0.05) is 24.3 Å². The van der Waals surface area contributed by atoms with Crippen LogP contribution in [0.1, 0.15) is 36.8 Å². The Labute approximate surface area is 232 Å². The number of hydrogen-bond acceptors (Lipinski definition) is 6. The SMILES string of the molecule is Cl.Cl.Cl.Cl.Cl.Cl.NCCCN(CCCN)Cc1cccc(CN(CCCN)CCCN)c1. The molecule has 0 radical (unpaired) electrons. The summed E-state index contributed by atoms with van der Waals surface area (Å²) in [6, 6.07) is 8.92. The van der Waals surface area contributed by atoms with Gasteiger partial charge in [-0.15, -0.1) is 74.4 Å². The molecule has 0 aliphatic carbocycles. The van der Waals surface area contributed by atoms with Gasteiger partial charge < -0.3 is 22.9 Å². The Morgan fingerprint density at radius 2 is 0.781 bits per heavy atom. The average Bonchev–Trinajstić information content (AvgIpc) is 2.66. The van der Waals surface area contributed by atoms with Crippen molar-refractivity contribution in [1.82, 2.24) is 9.80 Å². The zero-order valence-corrected chi connectivity index (χ0v) is 23.8. The molecule has 0 saturated carbocycles. The minimum Gasteiger partial charge on any atom is -0.330 e. The standard InChI is InChI=1S/C20H40N6.6ClH/c21-8-2-12-25(13-3-9-22)17-19-6-1-7-20(16-19)18-26(14-4-10-23)15-5-11-24;;;;;;/h1,6-7,16H,2-5,8-15,17-18,21-24H2;6*1H. The molecule has 1 aromatic carbocycles. The number of hydrogen-bond donors (Lipinski definition) is 4. The lowest BCUT2D eigenvalue weighted by atomic mass is 10.1. The monoisotopic (exact) mass is 580 g/mol. The molecule has 12 heteroatoms. The summed E-state index contributed by atoms with van der Waals surface area (Å²) in [7, 11) is 0. The number of benzene rings is 1. The lowest BCUT2D eigenvalue weighted by Gasteiger charge is -2.24. The molecule has 0 aromatic heterocycles. The topological polar surface area (TPSA) is 111 Å². The Morgan fingerprint density at radius 1 is 0.500 bits per heavy atom. The van der Waals surface area contributed by atoms with Crippen LogP contribution in [0.4, 0.5) is 0 Å². The second-order valence-corrected chi connectivity index (χ2v) is 6.94. The van der Waals surface area contributed by atoms with E-state index in [1.165, 1.54) is 11.1 Å². The molecule has 0 fully saturated rings. The molecule has 0 heterocycles. The van der Waals surface area contributed by atoms with E-state index in [2.05, 4.69) is 34.1 Å². The van der Waals surface area contributed by atoms with E-state index in [1.807, 2.05) is 0 Å². The third-order valence-corrected chi connectivity index (χ3v) is 4.52. The first kappa shape index (κ1) is 46.1. The van der Waals surface area contributed by atoms with E-state index in [9.17, 15) is 0 Å². The van der Waals surface area contributed by atoms with Crippen LogP contribution >= 0.6 is 74.4 Å². The molecular weight excluding hydrogens is 537 g/mol. The van der Waals surface area contributed by atoms with Crippen LogP contribution in [0.3, 0.4) is 0 Å². The van der Waals surface area contributed by atoms with Crippen LogP contribution in [-0.4, -0.2) is 62.2 Å². The van der Waals surface area contributed by atoms with Crippen molar-refractivity contribution in [1.29, 1.82) is 0 Å². The minimum absolute atomic E-state index is 0. The summed E-state index contributed by atoms with van der Waals surface area (Å²) in [6.45, 7) is 8.96. The van der Waals surface area contributed by atoms with E-state index >= 15 is 0 Å². The first-order chi connectivity index (χ1) is 12.7. The summed E-state index contributed by atoms with van der Waals surface area (Å²) >= 11 is 0. The van der Waals surface area contributed by atoms with Gasteiger partial charge in [0, 0.05) is 13.1 Å². The van der Waals surface area contributed by atoms with Crippen LogP contribution in [0, 0.1) is 0 Å². The highest BCUT2D eigenvalue weighted by Crippen LogP contribution is 2.12. The van der Waals surface area contributed by atoms with Crippen LogP contribution in [-0.2, 0) is 13.1 Å². The van der Waals surface area contributed by atoms with Crippen molar-refractivity contribution >= 4 is 74.4 Å². The highest BCUT2D eigenvalue weighted by molar-refractivity contribution is 5.86. The molecule has 32 heavy (non-hydrogen) atoms. The van der Waals surface area contributed by atoms with Crippen LogP contribution in [0.2, 0.25) is 0 Å². The lowest BCUT2D eigenvalue weighted by molar-refractivity contribution is 0.258.